The van der Waals surface area contributed by atoms with Gasteiger partial charge in [-0.05, 0) is 5.19 Å². The lowest BCUT2D eigenvalue weighted by Crippen LogP contribution is -2.39. The van der Waals surface area contributed by atoms with Crippen LogP contribution in [0.1, 0.15) is 0 Å². The van der Waals surface area contributed by atoms with E-state index < -0.39 is 8.07 Å². The number of rotatable bonds is 2. The maximum absolute atomic E-state index is 4.44. The van der Waals surface area contributed by atoms with Crippen molar-refractivity contribution in [1.29, 1.82) is 0 Å². The molecule has 1 heterocycles. The van der Waals surface area contributed by atoms with E-state index in [4.69, 9.17) is 0 Å². The fourth-order valence-corrected chi connectivity index (χ4v) is 3.09. The summed E-state index contributed by atoms with van der Waals surface area (Å²) in [6.45, 7) is 6.95. The van der Waals surface area contributed by atoms with Gasteiger partial charge in [0.25, 0.3) is 0 Å². The van der Waals surface area contributed by atoms with Crippen molar-refractivity contribution >= 4 is 13.3 Å². The van der Waals surface area contributed by atoms with Crippen LogP contribution in [0.15, 0.2) is 42.9 Å². The van der Waals surface area contributed by atoms with E-state index in [1.807, 2.05) is 24.4 Å². The molecule has 0 saturated carbocycles. The molecule has 2 aromatic rings. The lowest BCUT2D eigenvalue weighted by molar-refractivity contribution is 1.18. The fourth-order valence-electron chi connectivity index (χ4n) is 1.70. The lowest BCUT2D eigenvalue weighted by Gasteiger charge is -2.19. The maximum atomic E-state index is 4.44. The number of nitrogens with zero attached hydrogens (tertiary/aromatic N) is 2. The van der Waals surface area contributed by atoms with Crippen molar-refractivity contribution in [2.24, 2.45) is 0 Å². The normalized spacial score (nSPS) is 11.4. The third-order valence-electron chi connectivity index (χ3n) is 2.57. The molecule has 1 aromatic carbocycles. The van der Waals surface area contributed by atoms with Crippen molar-refractivity contribution < 1.29 is 0 Å². The van der Waals surface area contributed by atoms with Crippen LogP contribution in [0.4, 0.5) is 0 Å². The summed E-state index contributed by atoms with van der Waals surface area (Å²) in [4.78, 5) is 8.60. The molecule has 0 N–H and O–H groups in total. The highest BCUT2D eigenvalue weighted by molar-refractivity contribution is 6.89. The third-order valence-corrected chi connectivity index (χ3v) is 4.55. The highest BCUT2D eigenvalue weighted by Gasteiger charge is 2.21. The Morgan fingerprint density at radius 3 is 2.31 bits per heavy atom. The second kappa shape index (κ2) is 4.18. The van der Waals surface area contributed by atoms with Crippen molar-refractivity contribution in [3.63, 3.8) is 0 Å². The van der Waals surface area contributed by atoms with Crippen LogP contribution in [0.25, 0.3) is 11.3 Å². The van der Waals surface area contributed by atoms with Gasteiger partial charge >= 0.3 is 0 Å². The highest BCUT2D eigenvalue weighted by atomic mass is 28.3. The van der Waals surface area contributed by atoms with E-state index in [0.29, 0.717) is 0 Å². The zero-order chi connectivity index (χ0) is 11.6. The van der Waals surface area contributed by atoms with Gasteiger partial charge < -0.3 is 0 Å². The average Bonchev–Trinajstić information content (AvgIpc) is 2.29. The SMILES string of the molecule is C[Si](C)(C)c1cncnc1-c1ccccc1. The van der Waals surface area contributed by atoms with Crippen molar-refractivity contribution in [3.05, 3.63) is 42.9 Å². The minimum Gasteiger partial charge on any atom is -0.245 e. The molecule has 0 amide bonds. The van der Waals surface area contributed by atoms with Crippen molar-refractivity contribution in [2.45, 2.75) is 19.6 Å². The first-order chi connectivity index (χ1) is 7.59. The van der Waals surface area contributed by atoms with Crippen LogP contribution in [0, 0.1) is 0 Å². The van der Waals surface area contributed by atoms with E-state index in [2.05, 4.69) is 41.7 Å². The summed E-state index contributed by atoms with van der Waals surface area (Å²) in [6, 6.07) is 10.3. The zero-order valence-corrected chi connectivity index (χ0v) is 10.9. The molecule has 0 atom stereocenters. The van der Waals surface area contributed by atoms with E-state index in [0.717, 1.165) is 5.69 Å². The summed E-state index contributed by atoms with van der Waals surface area (Å²) in [5.74, 6) is 0. The van der Waals surface area contributed by atoms with Crippen LogP contribution in [0.2, 0.25) is 19.6 Å². The van der Waals surface area contributed by atoms with Gasteiger partial charge in [-0.25, -0.2) is 9.97 Å². The van der Waals surface area contributed by atoms with Gasteiger partial charge in [0, 0.05) is 11.8 Å². The van der Waals surface area contributed by atoms with Crippen LogP contribution in [0.5, 0.6) is 0 Å². The molecule has 0 spiro atoms. The fraction of sp³-hybridized carbons (Fsp3) is 0.231. The highest BCUT2D eigenvalue weighted by Crippen LogP contribution is 2.16. The molecule has 0 bridgehead atoms. The second-order valence-electron chi connectivity index (χ2n) is 4.90. The van der Waals surface area contributed by atoms with E-state index in [1.165, 1.54) is 10.8 Å². The molecule has 2 nitrogen and oxygen atoms in total. The Morgan fingerprint density at radius 2 is 1.69 bits per heavy atom. The molecule has 0 aliphatic rings. The average molecular weight is 228 g/mol. The topological polar surface area (TPSA) is 25.8 Å². The first kappa shape index (κ1) is 11.0. The predicted octanol–water partition coefficient (Wildman–Crippen LogP) is 2.69. The summed E-state index contributed by atoms with van der Waals surface area (Å²) in [6.07, 6.45) is 3.60. The Balaban J connectivity index is 2.58. The standard InChI is InChI=1S/C13H16N2Si/c1-16(2,3)12-9-14-10-15-13(12)11-7-5-4-6-8-11/h4-10H,1-3H3. The molecule has 82 valence electrons. The molecule has 0 unspecified atom stereocenters. The first-order valence-corrected chi connectivity index (χ1v) is 8.95. The molecule has 3 heteroatoms. The third kappa shape index (κ3) is 2.19. The summed E-state index contributed by atoms with van der Waals surface area (Å²) >= 11 is 0. The Bertz CT molecular complexity index is 475. The number of hydrogen-bond donors (Lipinski definition) is 0. The minimum atomic E-state index is -1.39. The monoisotopic (exact) mass is 228 g/mol. The molecule has 16 heavy (non-hydrogen) atoms. The van der Waals surface area contributed by atoms with E-state index in [1.54, 1.807) is 6.33 Å². The zero-order valence-electron chi connectivity index (χ0n) is 9.94. The molecule has 0 radical (unpaired) electrons. The molecule has 0 saturated heterocycles. The van der Waals surface area contributed by atoms with Crippen molar-refractivity contribution in [3.8, 4) is 11.3 Å². The van der Waals surface area contributed by atoms with E-state index in [9.17, 15) is 0 Å². The van der Waals surface area contributed by atoms with Crippen molar-refractivity contribution in [2.75, 3.05) is 0 Å². The second-order valence-corrected chi connectivity index (χ2v) is 9.94. The van der Waals surface area contributed by atoms with E-state index in [-0.39, 0.29) is 0 Å². The van der Waals surface area contributed by atoms with E-state index >= 15 is 0 Å². The summed E-state index contributed by atoms with van der Waals surface area (Å²) in [5, 5.41) is 1.32. The predicted molar refractivity (Wildman–Crippen MR) is 70.4 cm³/mol. The molecule has 0 aliphatic heterocycles. The van der Waals surface area contributed by atoms with Crippen LogP contribution in [0.3, 0.4) is 0 Å². The van der Waals surface area contributed by atoms with Crippen LogP contribution < -0.4 is 5.19 Å². The van der Waals surface area contributed by atoms with Gasteiger partial charge in [-0.1, -0.05) is 50.0 Å². The van der Waals surface area contributed by atoms with Gasteiger partial charge in [0.2, 0.25) is 0 Å². The Morgan fingerprint density at radius 1 is 1.00 bits per heavy atom. The molecular weight excluding hydrogens is 212 g/mol. The number of benzene rings is 1. The van der Waals surface area contributed by atoms with Gasteiger partial charge in [0.1, 0.15) is 6.33 Å². The molecule has 0 aliphatic carbocycles. The van der Waals surface area contributed by atoms with Gasteiger partial charge in [-0.15, -0.1) is 0 Å². The molecule has 1 aromatic heterocycles. The number of aromatic nitrogens is 2. The van der Waals surface area contributed by atoms with Crippen molar-refractivity contribution in [1.82, 2.24) is 9.97 Å². The smallest absolute Gasteiger partial charge is 0.116 e. The van der Waals surface area contributed by atoms with Crippen LogP contribution in [-0.2, 0) is 0 Å². The molecule has 2 rings (SSSR count). The minimum absolute atomic E-state index is 1.09. The van der Waals surface area contributed by atoms with Gasteiger partial charge in [-0.2, -0.15) is 0 Å². The quantitative estimate of drug-likeness (QED) is 0.739. The summed E-state index contributed by atoms with van der Waals surface area (Å²) in [7, 11) is -1.39. The number of hydrogen-bond acceptors (Lipinski definition) is 2. The van der Waals surface area contributed by atoms with Crippen LogP contribution >= 0.6 is 0 Å². The van der Waals surface area contributed by atoms with Crippen LogP contribution in [-0.4, -0.2) is 18.0 Å². The Hall–Kier alpha value is -1.48. The largest absolute Gasteiger partial charge is 0.245 e. The Kier molecular flexibility index (Phi) is 2.88. The molecular formula is C13H16N2Si. The first-order valence-electron chi connectivity index (χ1n) is 5.45. The summed E-state index contributed by atoms with van der Waals surface area (Å²) in [5.41, 5.74) is 2.28. The lowest BCUT2D eigenvalue weighted by atomic mass is 10.1. The summed E-state index contributed by atoms with van der Waals surface area (Å²) < 4.78 is 0. The Labute approximate surface area is 97.4 Å². The van der Waals surface area contributed by atoms with Gasteiger partial charge in [-0.3, -0.25) is 0 Å². The maximum Gasteiger partial charge on any atom is 0.116 e. The van der Waals surface area contributed by atoms with Gasteiger partial charge in [0.15, 0.2) is 0 Å². The van der Waals surface area contributed by atoms with Gasteiger partial charge in [0.05, 0.1) is 13.8 Å². The molecule has 0 fully saturated rings.